The van der Waals surface area contributed by atoms with Crippen molar-refractivity contribution in [2.75, 3.05) is 5.32 Å². The van der Waals surface area contributed by atoms with Gasteiger partial charge in [-0.25, -0.2) is 9.78 Å². The van der Waals surface area contributed by atoms with Crippen LogP contribution in [0.25, 0.3) is 0 Å². The number of allylic oxidation sites excluding steroid dienone is 1. The first kappa shape index (κ1) is 24.8. The molecule has 0 spiro atoms. The summed E-state index contributed by atoms with van der Waals surface area (Å²) in [6, 6.07) is -2.03. The minimum absolute atomic E-state index is 0.0733. The number of hydrogen-bond donors (Lipinski definition) is 3. The minimum atomic E-state index is -1.04. The van der Waals surface area contributed by atoms with Gasteiger partial charge in [-0.1, -0.05) is 47.1 Å². The molecule has 162 valence electrons. The lowest BCUT2D eigenvalue weighted by Crippen LogP contribution is -2.56. The Kier molecular flexibility index (Phi) is 9.45. The van der Waals surface area contributed by atoms with Crippen LogP contribution in [0, 0.1) is 17.3 Å². The van der Waals surface area contributed by atoms with E-state index in [1.54, 1.807) is 38.4 Å². The third-order valence-electron chi connectivity index (χ3n) is 4.35. The summed E-state index contributed by atoms with van der Waals surface area (Å²) in [5, 5.41) is 17.5. The maximum absolute atomic E-state index is 12.6. The van der Waals surface area contributed by atoms with Crippen molar-refractivity contribution in [1.29, 1.82) is 0 Å². The zero-order valence-electron chi connectivity index (χ0n) is 17.8. The first-order valence-corrected chi connectivity index (χ1v) is 10.5. The topological polar surface area (TPSA) is 112 Å². The molecule has 0 aliphatic rings. The van der Waals surface area contributed by atoms with Gasteiger partial charge in [0.1, 0.15) is 6.04 Å². The molecule has 0 aliphatic carbocycles. The highest BCUT2D eigenvalue weighted by atomic mass is 32.1. The van der Waals surface area contributed by atoms with Gasteiger partial charge >= 0.3 is 6.03 Å². The van der Waals surface area contributed by atoms with Crippen molar-refractivity contribution in [3.05, 3.63) is 24.2 Å². The highest BCUT2D eigenvalue weighted by Gasteiger charge is 2.36. The van der Waals surface area contributed by atoms with E-state index in [-0.39, 0.29) is 5.06 Å². The van der Waals surface area contributed by atoms with Gasteiger partial charge < -0.3 is 10.6 Å². The molecule has 0 fully saturated rings. The highest BCUT2D eigenvalue weighted by molar-refractivity contribution is 7.13. The predicted molar refractivity (Wildman–Crippen MR) is 114 cm³/mol. The Morgan fingerprint density at radius 2 is 1.97 bits per heavy atom. The average Bonchev–Trinajstić information content (AvgIpc) is 3.13. The lowest BCUT2D eigenvalue weighted by molar-refractivity contribution is -0.158. The summed E-state index contributed by atoms with van der Waals surface area (Å²) in [5.74, 6) is -1.36. The number of anilines is 1. The van der Waals surface area contributed by atoms with E-state index in [0.717, 1.165) is 6.42 Å². The molecule has 3 N–H and O–H groups in total. The second kappa shape index (κ2) is 11.1. The zero-order chi connectivity index (χ0) is 22.2. The van der Waals surface area contributed by atoms with Gasteiger partial charge in [-0.05, 0) is 24.2 Å². The summed E-state index contributed by atoms with van der Waals surface area (Å²) in [7, 11) is 0. The van der Waals surface area contributed by atoms with Crippen LogP contribution in [0.15, 0.2) is 24.2 Å². The smallest absolute Gasteiger partial charge is 0.323 e. The van der Waals surface area contributed by atoms with Crippen LogP contribution in [-0.2, 0) is 9.59 Å². The van der Waals surface area contributed by atoms with Crippen LogP contribution < -0.4 is 10.6 Å². The Morgan fingerprint density at radius 3 is 2.45 bits per heavy atom. The Balaban J connectivity index is 2.87. The number of carbonyl (C=O) groups is 3. The van der Waals surface area contributed by atoms with Crippen molar-refractivity contribution in [3.63, 3.8) is 0 Å². The van der Waals surface area contributed by atoms with Crippen molar-refractivity contribution in [2.45, 2.75) is 59.9 Å². The number of rotatable bonds is 9. The number of nitrogens with one attached hydrogen (secondary N) is 2. The fourth-order valence-corrected chi connectivity index (χ4v) is 3.21. The molecule has 9 heteroatoms. The van der Waals surface area contributed by atoms with Crippen LogP contribution in [0.4, 0.5) is 9.93 Å². The molecule has 0 saturated heterocycles. The number of nitrogens with zero attached hydrogens (tertiary/aromatic N) is 2. The van der Waals surface area contributed by atoms with Crippen molar-refractivity contribution in [1.82, 2.24) is 15.4 Å². The summed E-state index contributed by atoms with van der Waals surface area (Å²) >= 11 is 1.25. The van der Waals surface area contributed by atoms with Crippen molar-refractivity contribution in [2.24, 2.45) is 17.3 Å². The lowest BCUT2D eigenvalue weighted by Gasteiger charge is -2.31. The Labute approximate surface area is 176 Å². The molecule has 0 unspecified atom stereocenters. The third-order valence-corrected chi connectivity index (χ3v) is 5.04. The van der Waals surface area contributed by atoms with Crippen molar-refractivity contribution in [3.8, 4) is 0 Å². The molecule has 0 aromatic carbocycles. The van der Waals surface area contributed by atoms with Crippen LogP contribution in [-0.4, -0.2) is 39.1 Å². The second-order valence-electron chi connectivity index (χ2n) is 8.42. The summed E-state index contributed by atoms with van der Waals surface area (Å²) in [4.78, 5) is 41.8. The third kappa shape index (κ3) is 7.94. The number of carbonyl (C=O) groups excluding carboxylic acids is 3. The quantitative estimate of drug-likeness (QED) is 0.314. The summed E-state index contributed by atoms with van der Waals surface area (Å²) in [6.45, 7) is 13.0. The average molecular weight is 425 g/mol. The Hall–Kier alpha value is -2.26. The van der Waals surface area contributed by atoms with E-state index in [2.05, 4.69) is 22.2 Å². The van der Waals surface area contributed by atoms with Gasteiger partial charge in [0, 0.05) is 17.5 Å². The lowest BCUT2D eigenvalue weighted by atomic mass is 9.86. The van der Waals surface area contributed by atoms with E-state index in [1.165, 1.54) is 11.3 Å². The Morgan fingerprint density at radius 1 is 1.31 bits per heavy atom. The summed E-state index contributed by atoms with van der Waals surface area (Å²) in [6.07, 6.45) is 4.80. The number of aromatic nitrogens is 1. The fourth-order valence-electron chi connectivity index (χ4n) is 2.67. The first-order chi connectivity index (χ1) is 13.5. The standard InChI is InChI=1S/C20H32N4O4S/c1-7-8-14(10-9-13(2)3)17(26)24(28)19(27)22-15(20(4,5)6)16(25)23-18-21-11-12-29-18/h7,11-15,28H,1,8-10H2,2-6H3,(H,22,27)(H,21,23,25)/t14-,15-/m1/s1. The molecule has 8 nitrogen and oxygen atoms in total. The molecule has 1 heterocycles. The maximum Gasteiger partial charge on any atom is 0.349 e. The molecule has 0 aliphatic heterocycles. The normalized spacial score (nSPS) is 13.5. The monoisotopic (exact) mass is 424 g/mol. The molecular formula is C20H32N4O4S. The number of thiazole rings is 1. The van der Waals surface area contributed by atoms with E-state index in [0.29, 0.717) is 23.9 Å². The molecule has 29 heavy (non-hydrogen) atoms. The van der Waals surface area contributed by atoms with Crippen LogP contribution in [0.1, 0.15) is 53.9 Å². The zero-order valence-corrected chi connectivity index (χ0v) is 18.6. The van der Waals surface area contributed by atoms with Crippen molar-refractivity contribution < 1.29 is 19.6 Å². The van der Waals surface area contributed by atoms with E-state index < -0.39 is 35.2 Å². The molecule has 0 saturated carbocycles. The largest absolute Gasteiger partial charge is 0.349 e. The van der Waals surface area contributed by atoms with Crippen LogP contribution >= 0.6 is 11.3 Å². The van der Waals surface area contributed by atoms with Crippen LogP contribution in [0.2, 0.25) is 0 Å². The van der Waals surface area contributed by atoms with Crippen molar-refractivity contribution >= 4 is 34.3 Å². The summed E-state index contributed by atoms with van der Waals surface area (Å²) in [5.41, 5.74) is -0.668. The van der Waals surface area contributed by atoms with E-state index in [4.69, 9.17) is 0 Å². The minimum Gasteiger partial charge on any atom is -0.323 e. The Bertz CT molecular complexity index is 698. The molecule has 1 rings (SSSR count). The van der Waals surface area contributed by atoms with E-state index in [9.17, 15) is 19.6 Å². The van der Waals surface area contributed by atoms with Gasteiger partial charge in [0.25, 0.3) is 5.91 Å². The second-order valence-corrected chi connectivity index (χ2v) is 9.31. The highest BCUT2D eigenvalue weighted by Crippen LogP contribution is 2.23. The van der Waals surface area contributed by atoms with Gasteiger partial charge in [0.2, 0.25) is 5.91 Å². The molecule has 1 aromatic rings. The molecule has 4 amide bonds. The number of urea groups is 1. The van der Waals surface area contributed by atoms with E-state index >= 15 is 0 Å². The summed E-state index contributed by atoms with van der Waals surface area (Å²) < 4.78 is 0. The van der Waals surface area contributed by atoms with Gasteiger partial charge in [0.05, 0.1) is 0 Å². The number of amides is 4. The SMILES string of the molecule is C=CC[C@H](CCC(C)C)C(=O)N(O)C(=O)N[C@H](C(=O)Nc1nccs1)C(C)(C)C. The number of imide groups is 1. The predicted octanol–water partition coefficient (Wildman–Crippen LogP) is 4.05. The molecule has 0 radical (unpaired) electrons. The number of hydroxylamine groups is 2. The number of hydrogen-bond acceptors (Lipinski definition) is 6. The first-order valence-electron chi connectivity index (χ1n) is 9.62. The van der Waals surface area contributed by atoms with Gasteiger partial charge in [-0.3, -0.25) is 14.8 Å². The van der Waals surface area contributed by atoms with Gasteiger partial charge in [-0.15, -0.1) is 23.0 Å². The van der Waals surface area contributed by atoms with Crippen LogP contribution in [0.3, 0.4) is 0 Å². The van der Waals surface area contributed by atoms with Gasteiger partial charge in [0.15, 0.2) is 5.13 Å². The molecule has 0 bridgehead atoms. The molecule has 1 aromatic heterocycles. The van der Waals surface area contributed by atoms with Gasteiger partial charge in [-0.2, -0.15) is 0 Å². The molecule has 2 atom stereocenters. The fraction of sp³-hybridized carbons (Fsp3) is 0.600. The maximum atomic E-state index is 12.6. The van der Waals surface area contributed by atoms with Crippen LogP contribution in [0.5, 0.6) is 0 Å². The molecular weight excluding hydrogens is 392 g/mol. The van der Waals surface area contributed by atoms with E-state index in [1.807, 2.05) is 13.8 Å².